The van der Waals surface area contributed by atoms with Crippen LogP contribution in [0.4, 0.5) is 20.7 Å². The number of aromatic nitrogens is 4. The van der Waals surface area contributed by atoms with E-state index in [2.05, 4.69) is 9.97 Å². The molecule has 9 nitrogen and oxygen atoms in total. The third-order valence-electron chi connectivity index (χ3n) is 6.02. The van der Waals surface area contributed by atoms with Crippen LogP contribution in [0, 0.1) is 5.82 Å². The second-order valence-electron chi connectivity index (χ2n) is 9.40. The maximum atomic E-state index is 15.8. The minimum atomic E-state index is -0.633. The van der Waals surface area contributed by atoms with Gasteiger partial charge in [0.15, 0.2) is 5.65 Å². The minimum Gasteiger partial charge on any atom is -0.443 e. The first-order chi connectivity index (χ1) is 15.7. The number of carbonyl (C=O) groups excluding carboxylic acids is 1. The van der Waals surface area contributed by atoms with Crippen LogP contribution in [-0.4, -0.2) is 51.2 Å². The van der Waals surface area contributed by atoms with Gasteiger partial charge in [0.1, 0.15) is 29.3 Å². The first-order valence-corrected chi connectivity index (χ1v) is 11.1. The molecule has 1 amide bonds. The SMILES string of the molecule is CC(C)(C)OC(=O)N1CCc2c1ccc(-c1nn(C3CCOCC3)c3ncnc(N)c13)c2F. The molecule has 1 fully saturated rings. The first-order valence-electron chi connectivity index (χ1n) is 11.1. The van der Waals surface area contributed by atoms with E-state index in [1.807, 2.05) is 4.68 Å². The molecule has 0 spiro atoms. The van der Waals surface area contributed by atoms with Gasteiger partial charge in [-0.25, -0.2) is 23.8 Å². The number of amides is 1. The lowest BCUT2D eigenvalue weighted by Crippen LogP contribution is -2.35. The standard InChI is InChI=1S/C23H27FN6O3/c1-23(2,3)33-22(31)29-9-6-14-16(29)5-4-15(18(14)24)19-17-20(25)26-12-27-21(17)30(28-19)13-7-10-32-11-8-13/h4-5,12-13H,6-11H2,1-3H3,(H2,25,26,27). The molecule has 2 N–H and O–H groups in total. The normalized spacial score (nSPS) is 16.9. The largest absolute Gasteiger partial charge is 0.443 e. The molecule has 5 rings (SSSR count). The first kappa shape index (κ1) is 21.6. The summed E-state index contributed by atoms with van der Waals surface area (Å²) >= 11 is 0. The molecule has 0 bridgehead atoms. The van der Waals surface area contributed by atoms with Crippen molar-refractivity contribution in [3.05, 3.63) is 29.8 Å². The van der Waals surface area contributed by atoms with Crippen molar-refractivity contribution >= 4 is 28.6 Å². The second-order valence-corrected chi connectivity index (χ2v) is 9.40. The van der Waals surface area contributed by atoms with Crippen LogP contribution in [0.3, 0.4) is 0 Å². The third kappa shape index (κ3) is 3.78. The number of nitrogen functional groups attached to an aromatic ring is 1. The number of ether oxygens (including phenoxy) is 2. The van der Waals surface area contributed by atoms with Crippen molar-refractivity contribution in [1.29, 1.82) is 0 Å². The maximum absolute atomic E-state index is 15.8. The van der Waals surface area contributed by atoms with Crippen molar-refractivity contribution in [2.24, 2.45) is 0 Å². The van der Waals surface area contributed by atoms with E-state index in [9.17, 15) is 4.79 Å². The lowest BCUT2D eigenvalue weighted by atomic mass is 10.0. The Kier molecular flexibility index (Phi) is 5.19. The van der Waals surface area contributed by atoms with Gasteiger partial charge in [0, 0.05) is 30.9 Å². The van der Waals surface area contributed by atoms with Gasteiger partial charge in [0.2, 0.25) is 0 Å². The number of hydrogen-bond donors (Lipinski definition) is 1. The molecule has 3 aromatic rings. The predicted molar refractivity (Wildman–Crippen MR) is 122 cm³/mol. The smallest absolute Gasteiger partial charge is 0.414 e. The van der Waals surface area contributed by atoms with Gasteiger partial charge in [-0.3, -0.25) is 4.90 Å². The number of nitrogens with two attached hydrogens (primary N) is 1. The van der Waals surface area contributed by atoms with Crippen molar-refractivity contribution in [2.75, 3.05) is 30.4 Å². The van der Waals surface area contributed by atoms with Gasteiger partial charge in [-0.15, -0.1) is 0 Å². The van der Waals surface area contributed by atoms with E-state index in [0.29, 0.717) is 59.7 Å². The number of nitrogens with zero attached hydrogens (tertiary/aromatic N) is 5. The van der Waals surface area contributed by atoms with E-state index in [1.165, 1.54) is 11.2 Å². The van der Waals surface area contributed by atoms with Crippen LogP contribution in [-0.2, 0) is 15.9 Å². The third-order valence-corrected chi connectivity index (χ3v) is 6.02. The van der Waals surface area contributed by atoms with Gasteiger partial charge in [-0.1, -0.05) is 0 Å². The van der Waals surface area contributed by atoms with E-state index >= 15 is 4.39 Å². The number of hydrogen-bond acceptors (Lipinski definition) is 7. The van der Waals surface area contributed by atoms with E-state index in [0.717, 1.165) is 12.8 Å². The van der Waals surface area contributed by atoms with Crippen molar-refractivity contribution in [3.8, 4) is 11.3 Å². The van der Waals surface area contributed by atoms with Crippen LogP contribution < -0.4 is 10.6 Å². The Morgan fingerprint density at radius 2 is 2.00 bits per heavy atom. The topological polar surface area (TPSA) is 108 Å². The van der Waals surface area contributed by atoms with Crippen LogP contribution in [0.15, 0.2) is 18.5 Å². The Hall–Kier alpha value is -3.27. The summed E-state index contributed by atoms with van der Waals surface area (Å²) in [4.78, 5) is 22.6. The lowest BCUT2D eigenvalue weighted by Gasteiger charge is -2.24. The highest BCUT2D eigenvalue weighted by atomic mass is 19.1. The molecule has 0 aliphatic carbocycles. The molecule has 2 aliphatic heterocycles. The lowest BCUT2D eigenvalue weighted by molar-refractivity contribution is 0.0584. The van der Waals surface area contributed by atoms with Crippen LogP contribution in [0.25, 0.3) is 22.3 Å². The fourth-order valence-electron chi connectivity index (χ4n) is 4.50. The molecule has 10 heteroatoms. The Balaban J connectivity index is 1.59. The molecule has 4 heterocycles. The molecule has 1 aromatic carbocycles. The molecule has 1 saturated heterocycles. The fraction of sp³-hybridized carbons (Fsp3) is 0.478. The summed E-state index contributed by atoms with van der Waals surface area (Å²) in [6.45, 7) is 7.03. The molecule has 33 heavy (non-hydrogen) atoms. The molecule has 0 atom stereocenters. The summed E-state index contributed by atoms with van der Waals surface area (Å²) < 4.78 is 28.6. The van der Waals surface area contributed by atoms with Crippen molar-refractivity contribution < 1.29 is 18.7 Å². The zero-order valence-corrected chi connectivity index (χ0v) is 19.0. The summed E-state index contributed by atoms with van der Waals surface area (Å²) in [6, 6.07) is 3.47. The number of fused-ring (bicyclic) bond motifs is 2. The minimum absolute atomic E-state index is 0.0875. The zero-order valence-electron chi connectivity index (χ0n) is 19.0. The van der Waals surface area contributed by atoms with E-state index < -0.39 is 17.5 Å². The summed E-state index contributed by atoms with van der Waals surface area (Å²) in [5.74, 6) is -0.163. The van der Waals surface area contributed by atoms with Crippen LogP contribution in [0.5, 0.6) is 0 Å². The van der Waals surface area contributed by atoms with Crippen LogP contribution in [0.1, 0.15) is 45.2 Å². The van der Waals surface area contributed by atoms with E-state index in [4.69, 9.17) is 20.3 Å². The van der Waals surface area contributed by atoms with Gasteiger partial charge in [0.25, 0.3) is 0 Å². The average molecular weight is 455 g/mol. The second kappa shape index (κ2) is 7.95. The van der Waals surface area contributed by atoms with Gasteiger partial charge in [-0.2, -0.15) is 5.10 Å². The average Bonchev–Trinajstić information content (AvgIpc) is 3.37. The molecular formula is C23H27FN6O3. The quantitative estimate of drug-likeness (QED) is 0.626. The number of benzene rings is 1. The molecule has 2 aromatic heterocycles. The summed E-state index contributed by atoms with van der Waals surface area (Å²) in [6.07, 6.45) is 2.88. The Morgan fingerprint density at radius 3 is 2.73 bits per heavy atom. The highest BCUT2D eigenvalue weighted by molar-refractivity contribution is 5.99. The molecule has 0 unspecified atom stereocenters. The molecule has 0 saturated carbocycles. The number of anilines is 2. The molecule has 174 valence electrons. The van der Waals surface area contributed by atoms with Crippen molar-refractivity contribution in [2.45, 2.75) is 51.7 Å². The Labute approximate surface area is 190 Å². The number of rotatable bonds is 2. The summed E-state index contributed by atoms with van der Waals surface area (Å²) in [5.41, 5.74) is 7.85. The Morgan fingerprint density at radius 1 is 1.24 bits per heavy atom. The Bertz CT molecular complexity index is 1230. The molecule has 0 radical (unpaired) electrons. The summed E-state index contributed by atoms with van der Waals surface area (Å²) in [5, 5.41) is 5.30. The van der Waals surface area contributed by atoms with E-state index in [1.54, 1.807) is 32.9 Å². The highest BCUT2D eigenvalue weighted by Gasteiger charge is 2.33. The van der Waals surface area contributed by atoms with Gasteiger partial charge in [0.05, 0.1) is 17.1 Å². The fourth-order valence-corrected chi connectivity index (χ4v) is 4.50. The number of halogens is 1. The van der Waals surface area contributed by atoms with Crippen LogP contribution >= 0.6 is 0 Å². The number of carbonyl (C=O) groups is 1. The van der Waals surface area contributed by atoms with Crippen molar-refractivity contribution in [3.63, 3.8) is 0 Å². The summed E-state index contributed by atoms with van der Waals surface area (Å²) in [7, 11) is 0. The molecule has 2 aliphatic rings. The maximum Gasteiger partial charge on any atom is 0.414 e. The predicted octanol–water partition coefficient (Wildman–Crippen LogP) is 3.86. The monoisotopic (exact) mass is 454 g/mol. The zero-order chi connectivity index (χ0) is 23.3. The van der Waals surface area contributed by atoms with Crippen molar-refractivity contribution in [1.82, 2.24) is 19.7 Å². The van der Waals surface area contributed by atoms with E-state index in [-0.39, 0.29) is 11.9 Å². The van der Waals surface area contributed by atoms with Gasteiger partial charge < -0.3 is 15.2 Å². The van der Waals surface area contributed by atoms with Gasteiger partial charge in [-0.05, 0) is 52.2 Å². The van der Waals surface area contributed by atoms with Gasteiger partial charge >= 0.3 is 6.09 Å². The van der Waals surface area contributed by atoms with Crippen LogP contribution in [0.2, 0.25) is 0 Å². The highest BCUT2D eigenvalue weighted by Crippen LogP contribution is 2.40. The molecular weight excluding hydrogens is 427 g/mol.